The number of rotatable bonds is 14. The Morgan fingerprint density at radius 2 is 1.45 bits per heavy atom. The van der Waals surface area contributed by atoms with Gasteiger partial charge in [0.15, 0.2) is 5.78 Å². The van der Waals surface area contributed by atoms with E-state index < -0.39 is 49.9 Å². The van der Waals surface area contributed by atoms with Crippen molar-refractivity contribution in [3.8, 4) is 0 Å². The Labute approximate surface area is 356 Å². The summed E-state index contributed by atoms with van der Waals surface area (Å²) in [6, 6.07) is 31.9. The Bertz CT molecular complexity index is 2120. The lowest BCUT2D eigenvalue weighted by Crippen LogP contribution is -2.68. The quantitative estimate of drug-likeness (QED) is 0.104. The summed E-state index contributed by atoms with van der Waals surface area (Å²) in [7, 11) is -2.91. The first kappa shape index (κ1) is 44.4. The predicted octanol–water partition coefficient (Wildman–Crippen LogP) is 6.13. The molecule has 0 bridgehead atoms. The number of fused-ring (bicyclic) bond motifs is 2. The van der Waals surface area contributed by atoms with Gasteiger partial charge in [-0.2, -0.15) is 0 Å². The fourth-order valence-electron chi connectivity index (χ4n) is 8.87. The van der Waals surface area contributed by atoms with Crippen LogP contribution in [0.2, 0.25) is 5.04 Å². The molecule has 0 aromatic heterocycles. The third-order valence-electron chi connectivity index (χ3n) is 12.6. The fourth-order valence-corrected chi connectivity index (χ4v) is 13.6. The smallest absolute Gasteiger partial charge is 0.262 e. The van der Waals surface area contributed by atoms with Crippen LogP contribution in [0.1, 0.15) is 98.5 Å². The average molecular weight is 831 g/mol. The van der Waals surface area contributed by atoms with Gasteiger partial charge in [0.1, 0.15) is 29.8 Å². The Morgan fingerprint density at radius 3 is 2.08 bits per heavy atom. The van der Waals surface area contributed by atoms with Crippen LogP contribution in [0.4, 0.5) is 0 Å². The second-order valence-corrected chi connectivity index (χ2v) is 22.1. The number of hydrogen-bond donors (Lipinski definition) is 3. The van der Waals surface area contributed by atoms with Crippen molar-refractivity contribution in [3.05, 3.63) is 109 Å². The molecule has 2 saturated heterocycles. The predicted molar refractivity (Wildman–Crippen MR) is 239 cm³/mol. The maximum Gasteiger partial charge on any atom is 0.262 e. The van der Waals surface area contributed by atoms with Crippen molar-refractivity contribution in [1.82, 2.24) is 20.9 Å². The van der Waals surface area contributed by atoms with Crippen molar-refractivity contribution >= 4 is 58.9 Å². The standard InChI is InChI=1S/C49H62N4O6Si/c1-7-49(6)47(58)51-41(33-35-29-30-36-20-17-18-21-37(36)32-35)46(57)53-31-19-27-42(53)45(56)50-40(44(55)52-49)26-15-10-16-28-43(54)34(2)59-60(48(3,4)5,38-22-11-8-12-23-38)39-24-13-9-14-25-39/h8-9,11-14,17-18,20-25,29-30,32,34,40-42H,7,10,15-16,19,26-28,31,33H2,1-6H3,(H,50,56)(H,51,58)(H,52,55)/t34-,40-,41-,42+,49-/m0/s1. The molecular weight excluding hydrogens is 769 g/mol. The van der Waals surface area contributed by atoms with Crippen molar-refractivity contribution in [1.29, 1.82) is 0 Å². The molecule has 0 aliphatic carbocycles. The monoisotopic (exact) mass is 830 g/mol. The van der Waals surface area contributed by atoms with Gasteiger partial charge in [-0.1, -0.05) is 144 Å². The number of carbonyl (C=O) groups is 5. The molecule has 0 unspecified atom stereocenters. The number of Topliss-reactive ketones (excluding diaryl/α,β-unsaturated/α-hetero) is 1. The van der Waals surface area contributed by atoms with Gasteiger partial charge in [0.25, 0.3) is 8.32 Å². The lowest BCUT2D eigenvalue weighted by atomic mass is 9.94. The molecule has 0 radical (unpaired) electrons. The SMILES string of the molecule is CC[C@]1(C)NC(=O)[C@H](CCCCCC(=O)[C@H](C)O[Si](c2ccccc2)(c2ccccc2)C(C)(C)C)NC(=O)[C@H]2CCCN2C(=O)[C@H](Cc2ccc3ccccc3c2)NC1=O. The van der Waals surface area contributed by atoms with E-state index >= 15 is 0 Å². The Morgan fingerprint density at radius 1 is 0.817 bits per heavy atom. The molecule has 2 aliphatic heterocycles. The number of ketones is 1. The summed E-state index contributed by atoms with van der Waals surface area (Å²) < 4.78 is 7.04. The molecule has 10 nitrogen and oxygen atoms in total. The van der Waals surface area contributed by atoms with Gasteiger partial charge in [-0.25, -0.2) is 0 Å². The highest BCUT2D eigenvalue weighted by atomic mass is 28.4. The van der Waals surface area contributed by atoms with E-state index in [0.29, 0.717) is 51.5 Å². The van der Waals surface area contributed by atoms with Crippen LogP contribution in [0.3, 0.4) is 0 Å². The Hall–Kier alpha value is -5.13. The van der Waals surface area contributed by atoms with Crippen LogP contribution in [0.15, 0.2) is 103 Å². The Balaban J connectivity index is 1.12. The topological polar surface area (TPSA) is 134 Å². The van der Waals surface area contributed by atoms with Gasteiger partial charge in [0.05, 0.1) is 0 Å². The van der Waals surface area contributed by atoms with Crippen LogP contribution in [-0.4, -0.2) is 78.9 Å². The molecule has 318 valence electrons. The number of carbonyl (C=O) groups excluding carboxylic acids is 5. The molecule has 4 amide bonds. The number of nitrogens with zero attached hydrogens (tertiary/aromatic N) is 1. The zero-order chi connectivity index (χ0) is 43.1. The molecular formula is C49H62N4O6Si. The minimum Gasteiger partial charge on any atom is -0.398 e. The van der Waals surface area contributed by atoms with Crippen molar-refractivity contribution in [2.24, 2.45) is 0 Å². The summed E-state index contributed by atoms with van der Waals surface area (Å²) in [6.07, 6.45) is 3.40. The van der Waals surface area contributed by atoms with E-state index in [-0.39, 0.29) is 35.5 Å². The van der Waals surface area contributed by atoms with Gasteiger partial charge in [0.2, 0.25) is 23.6 Å². The summed E-state index contributed by atoms with van der Waals surface area (Å²) >= 11 is 0. The first-order valence-corrected chi connectivity index (χ1v) is 23.6. The summed E-state index contributed by atoms with van der Waals surface area (Å²) in [5.41, 5.74) is -0.455. The summed E-state index contributed by atoms with van der Waals surface area (Å²) in [5.74, 6) is -1.57. The van der Waals surface area contributed by atoms with Crippen molar-refractivity contribution in [2.45, 2.75) is 134 Å². The minimum absolute atomic E-state index is 0.0228. The number of hydrogen-bond acceptors (Lipinski definition) is 6. The van der Waals surface area contributed by atoms with E-state index in [1.165, 1.54) is 0 Å². The van der Waals surface area contributed by atoms with Crippen LogP contribution in [0, 0.1) is 0 Å². The van der Waals surface area contributed by atoms with Gasteiger partial charge in [0, 0.05) is 19.4 Å². The van der Waals surface area contributed by atoms with Crippen LogP contribution >= 0.6 is 0 Å². The molecule has 4 aromatic rings. The molecule has 2 heterocycles. The third-order valence-corrected chi connectivity index (χ3v) is 17.7. The van der Waals surface area contributed by atoms with Crippen LogP contribution in [0.25, 0.3) is 10.8 Å². The summed E-state index contributed by atoms with van der Waals surface area (Å²) in [4.78, 5) is 71.6. The lowest BCUT2D eigenvalue weighted by Gasteiger charge is -2.44. The summed E-state index contributed by atoms with van der Waals surface area (Å²) in [6.45, 7) is 12.3. The second kappa shape index (κ2) is 19.1. The Kier molecular flexibility index (Phi) is 14.1. The fraction of sp³-hybridized carbons (Fsp3) is 0.449. The van der Waals surface area contributed by atoms with E-state index in [2.05, 4.69) is 61.0 Å². The van der Waals surface area contributed by atoms with E-state index in [0.717, 1.165) is 26.7 Å². The van der Waals surface area contributed by atoms with E-state index in [1.807, 2.05) is 92.7 Å². The van der Waals surface area contributed by atoms with E-state index in [9.17, 15) is 24.0 Å². The molecule has 2 aliphatic rings. The zero-order valence-electron chi connectivity index (χ0n) is 36.1. The van der Waals surface area contributed by atoms with Crippen LogP contribution < -0.4 is 26.3 Å². The molecule has 5 atom stereocenters. The van der Waals surface area contributed by atoms with Gasteiger partial charge < -0.3 is 25.3 Å². The van der Waals surface area contributed by atoms with Crippen LogP contribution in [-0.2, 0) is 34.8 Å². The first-order valence-electron chi connectivity index (χ1n) is 21.7. The van der Waals surface area contributed by atoms with E-state index in [4.69, 9.17) is 4.43 Å². The third kappa shape index (κ3) is 9.74. The number of nitrogens with one attached hydrogen (secondary N) is 3. The minimum atomic E-state index is -2.91. The largest absolute Gasteiger partial charge is 0.398 e. The second-order valence-electron chi connectivity index (χ2n) is 17.8. The van der Waals surface area contributed by atoms with Crippen molar-refractivity contribution in [2.75, 3.05) is 6.54 Å². The lowest BCUT2D eigenvalue weighted by molar-refractivity contribution is -0.144. The molecule has 0 saturated carbocycles. The van der Waals surface area contributed by atoms with Gasteiger partial charge in [-0.3, -0.25) is 24.0 Å². The molecule has 4 aromatic carbocycles. The molecule has 60 heavy (non-hydrogen) atoms. The molecule has 6 rings (SSSR count). The highest BCUT2D eigenvalue weighted by Crippen LogP contribution is 2.38. The molecule has 11 heteroatoms. The number of benzene rings is 4. The highest BCUT2D eigenvalue weighted by molar-refractivity contribution is 6.99. The zero-order valence-corrected chi connectivity index (χ0v) is 37.1. The van der Waals surface area contributed by atoms with Crippen molar-refractivity contribution < 1.29 is 28.4 Å². The van der Waals surface area contributed by atoms with Crippen LogP contribution in [0.5, 0.6) is 0 Å². The summed E-state index contributed by atoms with van der Waals surface area (Å²) in [5, 5.41) is 13.0. The van der Waals surface area contributed by atoms with Gasteiger partial charge in [-0.15, -0.1) is 0 Å². The maximum absolute atomic E-state index is 14.3. The average Bonchev–Trinajstić information content (AvgIpc) is 3.74. The molecule has 2 fully saturated rings. The number of amides is 4. The number of unbranched alkanes of at least 4 members (excludes halogenated alkanes) is 2. The molecule has 0 spiro atoms. The van der Waals surface area contributed by atoms with Gasteiger partial charge in [-0.05, 0) is 77.7 Å². The normalized spacial score (nSPS) is 22.2. The van der Waals surface area contributed by atoms with Gasteiger partial charge >= 0.3 is 0 Å². The molecule has 3 N–H and O–H groups in total. The van der Waals surface area contributed by atoms with Crippen molar-refractivity contribution in [3.63, 3.8) is 0 Å². The first-order chi connectivity index (χ1) is 28.7. The highest BCUT2D eigenvalue weighted by Gasteiger charge is 2.51. The maximum atomic E-state index is 14.3. The van der Waals surface area contributed by atoms with E-state index in [1.54, 1.807) is 11.8 Å².